The molecule has 5 heteroatoms. The van der Waals surface area contributed by atoms with E-state index in [0.717, 1.165) is 28.6 Å². The minimum Gasteiger partial charge on any atom is -0.493 e. The van der Waals surface area contributed by atoms with Crippen LogP contribution in [0.15, 0.2) is 10.5 Å². The Kier molecular flexibility index (Phi) is 4.48. The number of nitrogens with zero attached hydrogens (tertiary/aromatic N) is 1. The highest BCUT2D eigenvalue weighted by Gasteiger charge is 2.34. The van der Waals surface area contributed by atoms with Gasteiger partial charge in [-0.3, -0.25) is 4.90 Å². The molecule has 0 aromatic heterocycles. The summed E-state index contributed by atoms with van der Waals surface area (Å²) in [5.41, 5.74) is 7.74. The number of rotatable bonds is 3. The summed E-state index contributed by atoms with van der Waals surface area (Å²) in [6.45, 7) is 3.60. The fourth-order valence-corrected chi connectivity index (χ4v) is 3.35. The molecule has 3 nitrogen and oxygen atoms in total. The van der Waals surface area contributed by atoms with Crippen LogP contribution in [0.25, 0.3) is 0 Å². The lowest BCUT2D eigenvalue weighted by Gasteiger charge is -2.24. The predicted octanol–water partition coefficient (Wildman–Crippen LogP) is 2.86. The molecule has 0 aliphatic carbocycles. The van der Waals surface area contributed by atoms with Crippen LogP contribution >= 0.6 is 15.9 Å². The third-order valence-corrected chi connectivity index (χ3v) is 4.81. The fraction of sp³-hybridized carbons (Fsp3) is 0.571. The van der Waals surface area contributed by atoms with Crippen LogP contribution in [0.2, 0.25) is 0 Å². The molecule has 1 aliphatic heterocycles. The van der Waals surface area contributed by atoms with E-state index in [9.17, 15) is 4.39 Å². The van der Waals surface area contributed by atoms with Crippen molar-refractivity contribution in [3.63, 3.8) is 0 Å². The first kappa shape index (κ1) is 14.8. The monoisotopic (exact) mass is 330 g/mol. The van der Waals surface area contributed by atoms with Gasteiger partial charge in [0.05, 0.1) is 7.11 Å². The Morgan fingerprint density at radius 3 is 2.79 bits per heavy atom. The average Bonchev–Trinajstić information content (AvgIpc) is 2.74. The summed E-state index contributed by atoms with van der Waals surface area (Å²) in [4.78, 5) is 2.23. The van der Waals surface area contributed by atoms with Crippen molar-refractivity contribution in [3.8, 4) is 5.75 Å². The molecule has 2 atom stereocenters. The largest absolute Gasteiger partial charge is 0.493 e. The SMILES string of the molecule is COc1c(F)cc(Br)c(C)c1C1CC(CN)CN1C. The molecule has 0 spiro atoms. The average molecular weight is 331 g/mol. The van der Waals surface area contributed by atoms with Gasteiger partial charge in [-0.05, 0) is 44.5 Å². The van der Waals surface area contributed by atoms with Crippen LogP contribution in [0, 0.1) is 18.7 Å². The van der Waals surface area contributed by atoms with Gasteiger partial charge in [0.2, 0.25) is 0 Å². The molecule has 1 saturated heterocycles. The van der Waals surface area contributed by atoms with Gasteiger partial charge >= 0.3 is 0 Å². The van der Waals surface area contributed by atoms with Crippen molar-refractivity contribution in [1.82, 2.24) is 4.90 Å². The van der Waals surface area contributed by atoms with Crippen LogP contribution in [0.3, 0.4) is 0 Å². The van der Waals surface area contributed by atoms with Gasteiger partial charge < -0.3 is 10.5 Å². The van der Waals surface area contributed by atoms with Crippen LogP contribution < -0.4 is 10.5 Å². The van der Waals surface area contributed by atoms with Crippen molar-refractivity contribution in [1.29, 1.82) is 0 Å². The molecule has 2 rings (SSSR count). The first-order valence-electron chi connectivity index (χ1n) is 6.42. The summed E-state index contributed by atoms with van der Waals surface area (Å²) in [5.74, 6) is 0.496. The minimum absolute atomic E-state index is 0.162. The maximum Gasteiger partial charge on any atom is 0.166 e. The highest BCUT2D eigenvalue weighted by atomic mass is 79.9. The summed E-state index contributed by atoms with van der Waals surface area (Å²) < 4.78 is 20.1. The van der Waals surface area contributed by atoms with Crippen LogP contribution in [-0.4, -0.2) is 32.1 Å². The summed E-state index contributed by atoms with van der Waals surface area (Å²) in [6, 6.07) is 1.63. The van der Waals surface area contributed by atoms with Crippen LogP contribution in [0.4, 0.5) is 4.39 Å². The van der Waals surface area contributed by atoms with E-state index in [1.54, 1.807) is 0 Å². The second-order valence-electron chi connectivity index (χ2n) is 5.20. The lowest BCUT2D eigenvalue weighted by atomic mass is 9.95. The predicted molar refractivity (Wildman–Crippen MR) is 77.9 cm³/mol. The smallest absolute Gasteiger partial charge is 0.166 e. The molecule has 0 amide bonds. The van der Waals surface area contributed by atoms with Gasteiger partial charge in [-0.1, -0.05) is 15.9 Å². The van der Waals surface area contributed by atoms with Crippen LogP contribution in [0.5, 0.6) is 5.75 Å². The minimum atomic E-state index is -0.320. The Balaban J connectivity index is 2.49. The number of methoxy groups -OCH3 is 1. The third kappa shape index (κ3) is 2.64. The number of halogens is 2. The van der Waals surface area contributed by atoms with Gasteiger partial charge in [0.15, 0.2) is 11.6 Å². The maximum atomic E-state index is 14.1. The highest BCUT2D eigenvalue weighted by molar-refractivity contribution is 9.10. The van der Waals surface area contributed by atoms with E-state index in [1.165, 1.54) is 13.2 Å². The molecule has 1 aliphatic rings. The van der Waals surface area contributed by atoms with Gasteiger partial charge in [0.25, 0.3) is 0 Å². The Labute approximate surface area is 122 Å². The topological polar surface area (TPSA) is 38.5 Å². The molecule has 1 heterocycles. The number of hydrogen-bond acceptors (Lipinski definition) is 3. The van der Waals surface area contributed by atoms with E-state index < -0.39 is 0 Å². The number of nitrogens with two attached hydrogens (primary N) is 1. The van der Waals surface area contributed by atoms with Gasteiger partial charge in [-0.2, -0.15) is 0 Å². The van der Waals surface area contributed by atoms with Crippen molar-refractivity contribution in [3.05, 3.63) is 27.5 Å². The zero-order valence-corrected chi connectivity index (χ0v) is 13.1. The summed E-state index contributed by atoms with van der Waals surface area (Å²) >= 11 is 3.42. The van der Waals surface area contributed by atoms with Gasteiger partial charge in [-0.15, -0.1) is 0 Å². The van der Waals surface area contributed by atoms with E-state index in [4.69, 9.17) is 10.5 Å². The zero-order chi connectivity index (χ0) is 14.2. The van der Waals surface area contributed by atoms with E-state index in [1.807, 2.05) is 6.92 Å². The number of ether oxygens (including phenoxy) is 1. The van der Waals surface area contributed by atoms with Crippen molar-refractivity contribution in [2.75, 3.05) is 27.2 Å². The number of hydrogen-bond donors (Lipinski definition) is 1. The molecular weight excluding hydrogens is 311 g/mol. The molecular formula is C14H20BrFN2O. The van der Waals surface area contributed by atoms with E-state index in [0.29, 0.717) is 18.2 Å². The summed E-state index contributed by atoms with van der Waals surface area (Å²) in [6.07, 6.45) is 0.945. The van der Waals surface area contributed by atoms with Gasteiger partial charge in [0, 0.05) is 22.6 Å². The lowest BCUT2D eigenvalue weighted by Crippen LogP contribution is -2.21. The summed E-state index contributed by atoms with van der Waals surface area (Å²) in [5, 5.41) is 0. The second-order valence-corrected chi connectivity index (χ2v) is 6.06. The van der Waals surface area contributed by atoms with Gasteiger partial charge in [0.1, 0.15) is 0 Å². The number of likely N-dealkylation sites (tertiary alicyclic amines) is 1. The molecule has 106 valence electrons. The molecule has 0 saturated carbocycles. The van der Waals surface area contributed by atoms with E-state index >= 15 is 0 Å². The Hall–Kier alpha value is -0.650. The molecule has 1 fully saturated rings. The highest BCUT2D eigenvalue weighted by Crippen LogP contribution is 2.43. The number of benzene rings is 1. The van der Waals surface area contributed by atoms with Crippen molar-refractivity contribution in [2.24, 2.45) is 11.7 Å². The van der Waals surface area contributed by atoms with E-state index in [2.05, 4.69) is 27.9 Å². The quantitative estimate of drug-likeness (QED) is 0.926. The zero-order valence-electron chi connectivity index (χ0n) is 11.5. The van der Waals surface area contributed by atoms with Crippen LogP contribution in [0.1, 0.15) is 23.6 Å². The molecule has 2 unspecified atom stereocenters. The summed E-state index contributed by atoms with van der Waals surface area (Å²) in [7, 11) is 3.57. The van der Waals surface area contributed by atoms with E-state index in [-0.39, 0.29) is 11.9 Å². The fourth-order valence-electron chi connectivity index (χ4n) is 2.94. The standard InChI is InChI=1S/C14H20BrFN2O/c1-8-10(15)5-11(16)14(19-3)13(8)12-4-9(6-17)7-18(12)2/h5,9,12H,4,6-7,17H2,1-3H3. The van der Waals surface area contributed by atoms with Crippen molar-refractivity contribution >= 4 is 15.9 Å². The first-order valence-corrected chi connectivity index (χ1v) is 7.21. The Morgan fingerprint density at radius 1 is 1.58 bits per heavy atom. The molecule has 0 bridgehead atoms. The van der Waals surface area contributed by atoms with Crippen molar-refractivity contribution < 1.29 is 9.13 Å². The molecule has 0 radical (unpaired) electrons. The van der Waals surface area contributed by atoms with Crippen LogP contribution in [-0.2, 0) is 0 Å². The molecule has 1 aromatic rings. The van der Waals surface area contributed by atoms with Gasteiger partial charge in [-0.25, -0.2) is 4.39 Å². The maximum absolute atomic E-state index is 14.1. The second kappa shape index (κ2) is 5.77. The molecule has 1 aromatic carbocycles. The van der Waals surface area contributed by atoms with Crippen molar-refractivity contribution in [2.45, 2.75) is 19.4 Å². The normalized spacial score (nSPS) is 23.9. The lowest BCUT2D eigenvalue weighted by molar-refractivity contribution is 0.297. The Morgan fingerprint density at radius 2 is 2.26 bits per heavy atom. The Bertz CT molecular complexity index is 481. The third-order valence-electron chi connectivity index (χ3n) is 3.98. The molecule has 19 heavy (non-hydrogen) atoms. The molecule has 2 N–H and O–H groups in total. The first-order chi connectivity index (χ1) is 8.99.